The minimum atomic E-state index is -0.551. The number of carbonyl (C=O) groups is 2. The van der Waals surface area contributed by atoms with Crippen LogP contribution in [0.1, 0.15) is 74.8 Å². The van der Waals surface area contributed by atoms with Crippen LogP contribution in [0.25, 0.3) is 21.5 Å². The molecule has 13 heteroatoms. The Kier molecular flexibility index (Phi) is 14.9. The van der Waals surface area contributed by atoms with E-state index in [1.165, 1.54) is 12.1 Å². The fraction of sp³-hybridized carbons (Fsp3) is 0.148. The van der Waals surface area contributed by atoms with Gasteiger partial charge in [0.1, 0.15) is 0 Å². The van der Waals surface area contributed by atoms with E-state index in [1.54, 1.807) is 121 Å². The number of anilines is 2. The van der Waals surface area contributed by atoms with Gasteiger partial charge in [0.05, 0.1) is 22.7 Å². The van der Waals surface area contributed by atoms with Gasteiger partial charge in [-0.05, 0) is 81.3 Å². The van der Waals surface area contributed by atoms with E-state index in [4.69, 9.17) is 0 Å². The van der Waals surface area contributed by atoms with Crippen molar-refractivity contribution in [2.75, 3.05) is 10.6 Å². The fourth-order valence-electron chi connectivity index (χ4n) is 6.93. The Balaban J connectivity index is 0.000000247. The second-order valence-corrected chi connectivity index (χ2v) is 17.6. The standard InChI is InChI=1S/2C27H25N3O3.Fe/c2*1-27(2,3)18-13-14-23(31)22(16-18)29-30-24-20-12-8-7-9-17(20)15-21(25(24)32)26(33)28-19-10-5-4-6-11-19;/h2*4-16,31-32H,1-3H3,(H,28,33);/q;;+3/p-3. The van der Waals surface area contributed by atoms with Crippen LogP contribution in [0.5, 0.6) is 23.0 Å². The van der Waals surface area contributed by atoms with E-state index in [2.05, 4.69) is 31.1 Å². The largest absolute Gasteiger partial charge is 3.00 e. The summed E-state index contributed by atoms with van der Waals surface area (Å²) >= 11 is 0. The molecule has 0 aliphatic carbocycles. The summed E-state index contributed by atoms with van der Waals surface area (Å²) in [7, 11) is 0. The summed E-state index contributed by atoms with van der Waals surface area (Å²) in [5, 5.41) is 75.7. The molecule has 12 nitrogen and oxygen atoms in total. The van der Waals surface area contributed by atoms with Crippen molar-refractivity contribution in [3.8, 4) is 23.0 Å². The summed E-state index contributed by atoms with van der Waals surface area (Å²) in [4.78, 5) is 25.8. The fourth-order valence-corrected chi connectivity index (χ4v) is 6.93. The van der Waals surface area contributed by atoms with Crippen LogP contribution in [-0.2, 0) is 27.9 Å². The first kappa shape index (κ1) is 48.6. The molecule has 0 aliphatic rings. The Labute approximate surface area is 400 Å². The van der Waals surface area contributed by atoms with Gasteiger partial charge in [-0.3, -0.25) is 9.59 Å². The van der Waals surface area contributed by atoms with Crippen molar-refractivity contribution in [1.82, 2.24) is 0 Å². The van der Waals surface area contributed by atoms with E-state index in [9.17, 15) is 30.0 Å². The van der Waals surface area contributed by atoms with Gasteiger partial charge in [-0.2, -0.15) is 20.5 Å². The van der Waals surface area contributed by atoms with Gasteiger partial charge in [0, 0.05) is 33.3 Å². The quantitative estimate of drug-likeness (QED) is 0.112. The first-order chi connectivity index (χ1) is 31.5. The van der Waals surface area contributed by atoms with Crippen molar-refractivity contribution in [3.05, 3.63) is 180 Å². The minimum absolute atomic E-state index is 0. The molecule has 8 aromatic carbocycles. The maximum atomic E-state index is 13.3. The topological polar surface area (TPSA) is 200 Å². The molecule has 0 spiro atoms. The number of hydrogen-bond acceptors (Lipinski definition) is 10. The summed E-state index contributed by atoms with van der Waals surface area (Å²) in [5.41, 5.74) is 2.90. The Hall–Kier alpha value is -7.86. The van der Waals surface area contributed by atoms with Gasteiger partial charge in [0.2, 0.25) is 0 Å². The zero-order chi connectivity index (χ0) is 47.2. The number of amides is 2. The number of nitrogens with one attached hydrogen (secondary N) is 2. The van der Waals surface area contributed by atoms with Crippen molar-refractivity contribution in [2.45, 2.75) is 52.4 Å². The molecule has 1 radical (unpaired) electrons. The number of rotatable bonds is 8. The molecule has 2 amide bonds. The molecule has 0 atom stereocenters. The van der Waals surface area contributed by atoms with Crippen molar-refractivity contribution in [1.29, 1.82) is 0 Å². The summed E-state index contributed by atoms with van der Waals surface area (Å²) in [6.07, 6.45) is 0. The van der Waals surface area contributed by atoms with Gasteiger partial charge in [0.25, 0.3) is 11.8 Å². The number of para-hydroxylation sites is 2. The predicted octanol–water partition coefficient (Wildman–Crippen LogP) is 12.0. The third kappa shape index (κ3) is 11.5. The van der Waals surface area contributed by atoms with E-state index < -0.39 is 23.3 Å². The minimum Gasteiger partial charge on any atom is -0.871 e. The molecular formula is C54H47FeN6O6. The Morgan fingerprint density at radius 1 is 0.448 bits per heavy atom. The van der Waals surface area contributed by atoms with Crippen LogP contribution >= 0.6 is 0 Å². The number of azo groups is 2. The normalized spacial score (nSPS) is 11.6. The molecule has 0 unspecified atom stereocenters. The van der Waals surface area contributed by atoms with E-state index in [0.29, 0.717) is 32.9 Å². The van der Waals surface area contributed by atoms with Gasteiger partial charge >= 0.3 is 18.5 Å². The number of hydrogen-bond donors (Lipinski definition) is 2. The first-order valence-electron chi connectivity index (χ1n) is 21.1. The maximum Gasteiger partial charge on any atom is 3.00 e. The van der Waals surface area contributed by atoms with Crippen molar-refractivity contribution >= 4 is 67.5 Å². The van der Waals surface area contributed by atoms with Gasteiger partial charge in [-0.1, -0.05) is 174 Å². The van der Waals surface area contributed by atoms with Gasteiger partial charge in [-0.15, -0.1) is 0 Å². The molecule has 0 fully saturated rings. The van der Waals surface area contributed by atoms with E-state index >= 15 is 0 Å². The molecule has 0 aliphatic heterocycles. The smallest absolute Gasteiger partial charge is 0.871 e. The molecule has 0 bridgehead atoms. The van der Waals surface area contributed by atoms with E-state index in [-0.39, 0.29) is 74.7 Å². The first-order valence-corrected chi connectivity index (χ1v) is 21.1. The van der Waals surface area contributed by atoms with Crippen LogP contribution in [0.2, 0.25) is 0 Å². The SMILES string of the molecule is CC(C)(C)c1ccc([O-])c(N=Nc2c([O-])c(C(=O)Nc3ccccc3)cc3ccccc23)c1.CC(C)(C)c1ccc([O-])c(N=Nc2c([O-])c(C(=O)Nc3ccccc3)cc3ccccc23)c1.[Fe+3].[H+]. The molecule has 337 valence electrons. The number of fused-ring (bicyclic) bond motifs is 2. The predicted molar refractivity (Wildman–Crippen MR) is 254 cm³/mol. The summed E-state index contributed by atoms with van der Waals surface area (Å²) in [6.45, 7) is 12.2. The van der Waals surface area contributed by atoms with Crippen molar-refractivity contribution < 1.29 is 48.5 Å². The number of nitrogens with zero attached hydrogens (tertiary/aromatic N) is 4. The van der Waals surface area contributed by atoms with Crippen LogP contribution in [0.3, 0.4) is 0 Å². The molecule has 0 heterocycles. The number of benzene rings is 8. The third-order valence-corrected chi connectivity index (χ3v) is 10.7. The molecule has 67 heavy (non-hydrogen) atoms. The van der Waals surface area contributed by atoms with Crippen LogP contribution in [0.4, 0.5) is 34.1 Å². The van der Waals surface area contributed by atoms with Crippen LogP contribution in [0, 0.1) is 0 Å². The summed E-state index contributed by atoms with van der Waals surface area (Å²) < 4.78 is 0. The Bertz CT molecular complexity index is 2940. The summed E-state index contributed by atoms with van der Waals surface area (Å²) in [6, 6.07) is 45.0. The van der Waals surface area contributed by atoms with Crippen LogP contribution in [0.15, 0.2) is 178 Å². The molecule has 0 saturated heterocycles. The second kappa shape index (κ2) is 20.5. The zero-order valence-corrected chi connectivity index (χ0v) is 38.7. The van der Waals surface area contributed by atoms with E-state index in [0.717, 1.165) is 11.1 Å². The molecular weight excluding hydrogens is 884 g/mol. The third-order valence-electron chi connectivity index (χ3n) is 10.7. The average molecular weight is 932 g/mol. The molecule has 8 aromatic rings. The van der Waals surface area contributed by atoms with E-state index in [1.807, 2.05) is 65.8 Å². The van der Waals surface area contributed by atoms with Gasteiger partial charge < -0.3 is 31.1 Å². The van der Waals surface area contributed by atoms with Crippen molar-refractivity contribution in [2.24, 2.45) is 20.5 Å². The second-order valence-electron chi connectivity index (χ2n) is 17.6. The zero-order valence-electron chi connectivity index (χ0n) is 38.6. The summed E-state index contributed by atoms with van der Waals surface area (Å²) in [5.74, 6) is -2.75. The molecule has 2 N–H and O–H groups in total. The van der Waals surface area contributed by atoms with Crippen molar-refractivity contribution in [3.63, 3.8) is 0 Å². The average Bonchev–Trinajstić information content (AvgIpc) is 3.29. The molecule has 0 saturated carbocycles. The Morgan fingerprint density at radius 2 is 0.791 bits per heavy atom. The van der Waals surface area contributed by atoms with Gasteiger partial charge in [0.15, 0.2) is 0 Å². The number of carbonyl (C=O) groups excluding carboxylic acids is 2. The maximum absolute atomic E-state index is 13.3. The van der Waals surface area contributed by atoms with Gasteiger partial charge in [-0.25, -0.2) is 0 Å². The van der Waals surface area contributed by atoms with Crippen LogP contribution in [-0.4, -0.2) is 11.8 Å². The monoisotopic (exact) mass is 931 g/mol. The van der Waals surface area contributed by atoms with Crippen LogP contribution < -0.4 is 31.1 Å². The Morgan fingerprint density at radius 3 is 1.15 bits per heavy atom. The molecule has 0 aromatic heterocycles. The molecule has 8 rings (SSSR count).